The summed E-state index contributed by atoms with van der Waals surface area (Å²) in [4.78, 5) is 0. The van der Waals surface area contributed by atoms with Gasteiger partial charge in [-0.2, -0.15) is 0 Å². The third-order valence-corrected chi connectivity index (χ3v) is 4.49. The highest BCUT2D eigenvalue weighted by Crippen LogP contribution is 2.20. The molecule has 1 unspecified atom stereocenters. The third kappa shape index (κ3) is 2.36. The highest BCUT2D eigenvalue weighted by Gasteiger charge is 2.19. The molecule has 0 radical (unpaired) electrons. The van der Waals surface area contributed by atoms with E-state index in [0.29, 0.717) is 0 Å². The Balaban J connectivity index is 1.99. The summed E-state index contributed by atoms with van der Waals surface area (Å²) in [5.41, 5.74) is 1.20. The minimum absolute atomic E-state index is 0.892. The van der Waals surface area contributed by atoms with Gasteiger partial charge < -0.3 is 8.85 Å². The lowest BCUT2D eigenvalue weighted by Gasteiger charge is -2.22. The smallest absolute Gasteiger partial charge is 0.382 e. The van der Waals surface area contributed by atoms with Crippen molar-refractivity contribution in [3.8, 4) is 5.75 Å². The van der Waals surface area contributed by atoms with Gasteiger partial charge in [-0.05, 0) is 37.4 Å². The van der Waals surface area contributed by atoms with Crippen molar-refractivity contribution >= 4 is 9.28 Å². The standard InChI is InChI=1S/C11H16O2Si/c1-10-6-2-3-7-11(10)13-14-9-5-4-8-12-14/h2-3,6-7,14H,4-5,8-9H2,1H3. The van der Waals surface area contributed by atoms with Gasteiger partial charge in [0.05, 0.1) is 0 Å². The Morgan fingerprint density at radius 3 is 2.86 bits per heavy atom. The fourth-order valence-corrected chi connectivity index (χ4v) is 3.59. The van der Waals surface area contributed by atoms with Gasteiger partial charge in [0, 0.05) is 6.61 Å². The van der Waals surface area contributed by atoms with Gasteiger partial charge in [0.1, 0.15) is 5.75 Å². The Labute approximate surface area is 86.7 Å². The van der Waals surface area contributed by atoms with Gasteiger partial charge in [0.25, 0.3) is 0 Å². The molecule has 1 aliphatic rings. The lowest BCUT2D eigenvalue weighted by molar-refractivity contribution is 0.236. The largest absolute Gasteiger partial charge is 0.522 e. The first-order chi connectivity index (χ1) is 6.86. The van der Waals surface area contributed by atoms with Crippen LogP contribution in [0.2, 0.25) is 6.04 Å². The van der Waals surface area contributed by atoms with Crippen LogP contribution in [-0.4, -0.2) is 15.9 Å². The number of hydrogen-bond donors (Lipinski definition) is 0. The average molecular weight is 208 g/mol. The van der Waals surface area contributed by atoms with Crippen LogP contribution in [-0.2, 0) is 4.43 Å². The molecular formula is C11H16O2Si. The molecule has 0 N–H and O–H groups in total. The summed E-state index contributed by atoms with van der Waals surface area (Å²) in [6, 6.07) is 9.30. The van der Waals surface area contributed by atoms with E-state index in [1.165, 1.54) is 18.4 Å². The molecule has 0 bridgehead atoms. The summed E-state index contributed by atoms with van der Waals surface area (Å²) >= 11 is 0. The minimum Gasteiger partial charge on any atom is -0.522 e. The first-order valence-electron chi connectivity index (χ1n) is 5.20. The number of para-hydroxylation sites is 1. The second-order valence-electron chi connectivity index (χ2n) is 3.68. The molecule has 1 aliphatic heterocycles. The van der Waals surface area contributed by atoms with Crippen LogP contribution in [0.4, 0.5) is 0 Å². The predicted octanol–water partition coefficient (Wildman–Crippen LogP) is 2.40. The highest BCUT2D eigenvalue weighted by atomic mass is 28.3. The van der Waals surface area contributed by atoms with Crippen molar-refractivity contribution in [1.82, 2.24) is 0 Å². The number of aryl methyl sites for hydroxylation is 1. The SMILES string of the molecule is Cc1ccccc1O[SiH]1CCCCO1. The van der Waals surface area contributed by atoms with Crippen molar-refractivity contribution in [3.05, 3.63) is 29.8 Å². The van der Waals surface area contributed by atoms with Gasteiger partial charge in [-0.3, -0.25) is 0 Å². The van der Waals surface area contributed by atoms with Crippen LogP contribution in [0.25, 0.3) is 0 Å². The molecule has 2 nitrogen and oxygen atoms in total. The Kier molecular flexibility index (Phi) is 3.21. The zero-order valence-electron chi connectivity index (χ0n) is 8.53. The monoisotopic (exact) mass is 208 g/mol. The van der Waals surface area contributed by atoms with Gasteiger partial charge >= 0.3 is 9.28 Å². The maximum absolute atomic E-state index is 5.90. The van der Waals surface area contributed by atoms with Crippen LogP contribution >= 0.6 is 0 Å². The number of rotatable bonds is 2. The zero-order valence-corrected chi connectivity index (χ0v) is 9.69. The van der Waals surface area contributed by atoms with Crippen molar-refractivity contribution in [2.45, 2.75) is 25.8 Å². The van der Waals surface area contributed by atoms with E-state index in [1.54, 1.807) is 0 Å². The first kappa shape index (κ1) is 9.74. The maximum Gasteiger partial charge on any atom is 0.382 e. The highest BCUT2D eigenvalue weighted by molar-refractivity contribution is 6.45. The van der Waals surface area contributed by atoms with Crippen LogP contribution in [0, 0.1) is 6.92 Å². The third-order valence-electron chi connectivity index (χ3n) is 2.49. The predicted molar refractivity (Wildman–Crippen MR) is 58.9 cm³/mol. The molecule has 0 amide bonds. The van der Waals surface area contributed by atoms with Crippen molar-refractivity contribution in [3.63, 3.8) is 0 Å². The molecule has 2 rings (SSSR count). The van der Waals surface area contributed by atoms with Crippen LogP contribution < -0.4 is 4.43 Å². The summed E-state index contributed by atoms with van der Waals surface area (Å²) in [5, 5.41) is 0. The molecule has 0 aromatic heterocycles. The normalized spacial score (nSPS) is 21.9. The second-order valence-corrected chi connectivity index (χ2v) is 5.68. The number of benzene rings is 1. The van der Waals surface area contributed by atoms with Crippen molar-refractivity contribution < 1.29 is 8.85 Å². The molecule has 1 heterocycles. The molecule has 1 aromatic carbocycles. The fraction of sp³-hybridized carbons (Fsp3) is 0.455. The summed E-state index contributed by atoms with van der Waals surface area (Å²) in [5.74, 6) is 1.01. The molecule has 1 saturated heterocycles. The summed E-state index contributed by atoms with van der Waals surface area (Å²) in [6.07, 6.45) is 2.46. The zero-order chi connectivity index (χ0) is 9.80. The van der Waals surface area contributed by atoms with Crippen molar-refractivity contribution in [2.75, 3.05) is 6.61 Å². The van der Waals surface area contributed by atoms with Crippen molar-refractivity contribution in [2.24, 2.45) is 0 Å². The molecular weight excluding hydrogens is 192 g/mol. The minimum atomic E-state index is -1.38. The van der Waals surface area contributed by atoms with Gasteiger partial charge in [-0.15, -0.1) is 0 Å². The summed E-state index contributed by atoms with van der Waals surface area (Å²) in [6.45, 7) is 2.97. The molecule has 1 aromatic rings. The van der Waals surface area contributed by atoms with Crippen LogP contribution in [0.1, 0.15) is 18.4 Å². The maximum atomic E-state index is 5.90. The van der Waals surface area contributed by atoms with E-state index < -0.39 is 9.28 Å². The Morgan fingerprint density at radius 2 is 2.14 bits per heavy atom. The topological polar surface area (TPSA) is 18.5 Å². The van der Waals surface area contributed by atoms with E-state index in [-0.39, 0.29) is 0 Å². The molecule has 0 saturated carbocycles. The summed E-state index contributed by atoms with van der Waals surface area (Å²) < 4.78 is 11.6. The Bertz CT molecular complexity index is 295. The fourth-order valence-electron chi connectivity index (χ4n) is 1.63. The van der Waals surface area contributed by atoms with Gasteiger partial charge in [-0.25, -0.2) is 0 Å². The van der Waals surface area contributed by atoms with Gasteiger partial charge in [0.15, 0.2) is 0 Å². The Morgan fingerprint density at radius 1 is 1.29 bits per heavy atom. The molecule has 14 heavy (non-hydrogen) atoms. The van der Waals surface area contributed by atoms with E-state index in [2.05, 4.69) is 13.0 Å². The van der Waals surface area contributed by atoms with E-state index in [1.807, 2.05) is 18.2 Å². The molecule has 0 aliphatic carbocycles. The molecule has 1 atom stereocenters. The molecule has 1 fully saturated rings. The lowest BCUT2D eigenvalue weighted by atomic mass is 10.2. The van der Waals surface area contributed by atoms with Crippen LogP contribution in [0.15, 0.2) is 24.3 Å². The molecule has 76 valence electrons. The van der Waals surface area contributed by atoms with Crippen LogP contribution in [0.3, 0.4) is 0 Å². The lowest BCUT2D eigenvalue weighted by Crippen LogP contribution is -2.30. The van der Waals surface area contributed by atoms with Crippen LogP contribution in [0.5, 0.6) is 5.75 Å². The van der Waals surface area contributed by atoms with Gasteiger partial charge in [-0.1, -0.05) is 18.2 Å². The average Bonchev–Trinajstić information content (AvgIpc) is 2.23. The Hall–Kier alpha value is -0.803. The van der Waals surface area contributed by atoms with E-state index in [4.69, 9.17) is 8.85 Å². The quantitative estimate of drug-likeness (QED) is 0.695. The molecule has 0 spiro atoms. The first-order valence-corrected chi connectivity index (χ1v) is 6.96. The molecule has 3 heteroatoms. The van der Waals surface area contributed by atoms with Crippen molar-refractivity contribution in [1.29, 1.82) is 0 Å². The van der Waals surface area contributed by atoms with Gasteiger partial charge in [0.2, 0.25) is 0 Å². The number of hydrogen-bond acceptors (Lipinski definition) is 2. The van der Waals surface area contributed by atoms with E-state index in [9.17, 15) is 0 Å². The van der Waals surface area contributed by atoms with E-state index >= 15 is 0 Å². The summed E-state index contributed by atoms with van der Waals surface area (Å²) in [7, 11) is -1.38. The second kappa shape index (κ2) is 4.62. The van der Waals surface area contributed by atoms with E-state index in [0.717, 1.165) is 18.4 Å².